The molecule has 0 radical (unpaired) electrons. The number of hydrogen-bond acceptors (Lipinski definition) is 6. The molecule has 3 amide bonds. The molecule has 0 saturated carbocycles. The first-order valence-electron chi connectivity index (χ1n) is 14.6. The Labute approximate surface area is 251 Å². The number of ether oxygens (including phenoxy) is 2. The molecule has 5 rings (SSSR count). The van der Waals surface area contributed by atoms with E-state index in [0.29, 0.717) is 61.4 Å². The van der Waals surface area contributed by atoms with Gasteiger partial charge in [-0.05, 0) is 49.4 Å². The second kappa shape index (κ2) is 13.3. The maximum atomic E-state index is 13.7. The summed E-state index contributed by atoms with van der Waals surface area (Å²) in [6.07, 6.45) is 8.87. The number of carbonyl (C=O) groups excluding carboxylic acids is 2. The Kier molecular flexibility index (Phi) is 9.38. The van der Waals surface area contributed by atoms with Gasteiger partial charge >= 0.3 is 6.03 Å². The van der Waals surface area contributed by atoms with Gasteiger partial charge in [-0.1, -0.05) is 31.4 Å². The van der Waals surface area contributed by atoms with Crippen molar-refractivity contribution in [1.29, 1.82) is 5.26 Å². The van der Waals surface area contributed by atoms with Gasteiger partial charge in [-0.2, -0.15) is 5.26 Å². The number of anilines is 1. The fraction of sp³-hybridized carbons (Fsp3) is 0.484. The molecule has 0 aliphatic carbocycles. The van der Waals surface area contributed by atoms with Crippen molar-refractivity contribution < 1.29 is 19.1 Å². The fourth-order valence-electron chi connectivity index (χ4n) is 5.77. The van der Waals surface area contributed by atoms with Crippen LogP contribution in [0.4, 0.5) is 10.5 Å². The molecule has 0 bridgehead atoms. The van der Waals surface area contributed by atoms with Crippen LogP contribution in [0, 0.1) is 11.3 Å². The van der Waals surface area contributed by atoms with E-state index in [4.69, 9.17) is 21.1 Å². The molecule has 42 heavy (non-hydrogen) atoms. The van der Waals surface area contributed by atoms with Crippen LogP contribution in [0.2, 0.25) is 5.02 Å². The largest absolute Gasteiger partial charge is 0.493 e. The molecule has 1 aromatic carbocycles. The second-order valence-electron chi connectivity index (χ2n) is 10.7. The van der Waals surface area contributed by atoms with Crippen LogP contribution in [0.3, 0.4) is 0 Å². The molecule has 222 valence electrons. The number of fused-ring (bicyclic) bond motifs is 1. The van der Waals surface area contributed by atoms with Crippen molar-refractivity contribution in [3.05, 3.63) is 47.2 Å². The van der Waals surface area contributed by atoms with Crippen LogP contribution >= 0.6 is 11.6 Å². The van der Waals surface area contributed by atoms with Crippen LogP contribution in [0.1, 0.15) is 51.0 Å². The number of amides is 3. The van der Waals surface area contributed by atoms with Gasteiger partial charge in [-0.15, -0.1) is 0 Å². The quantitative estimate of drug-likeness (QED) is 0.268. The van der Waals surface area contributed by atoms with Gasteiger partial charge in [0.05, 0.1) is 24.8 Å². The van der Waals surface area contributed by atoms with E-state index >= 15 is 0 Å². The summed E-state index contributed by atoms with van der Waals surface area (Å²) < 4.78 is 13.2. The number of hydrogen-bond donors (Lipinski definition) is 0. The lowest BCUT2D eigenvalue weighted by Crippen LogP contribution is -2.49. The first-order chi connectivity index (χ1) is 20.4. The van der Waals surface area contributed by atoms with E-state index in [2.05, 4.69) is 18.0 Å². The monoisotopic (exact) mass is 592 g/mol. The van der Waals surface area contributed by atoms with E-state index in [-0.39, 0.29) is 24.5 Å². The molecule has 3 aromatic rings. The molecule has 2 aliphatic rings. The van der Waals surface area contributed by atoms with E-state index in [1.165, 1.54) is 0 Å². The third-order valence-electron chi connectivity index (χ3n) is 7.96. The van der Waals surface area contributed by atoms with Gasteiger partial charge in [0.1, 0.15) is 18.2 Å². The lowest BCUT2D eigenvalue weighted by atomic mass is 10.1. The summed E-state index contributed by atoms with van der Waals surface area (Å²) in [5.74, 6) is 1.14. The lowest BCUT2D eigenvalue weighted by molar-refractivity contribution is -0.131. The average Bonchev–Trinajstić information content (AvgIpc) is 3.61. The molecule has 11 heteroatoms. The van der Waals surface area contributed by atoms with Crippen molar-refractivity contribution in [2.45, 2.75) is 64.6 Å². The molecule has 1 atom stereocenters. The number of urea groups is 1. The van der Waals surface area contributed by atoms with E-state index in [0.717, 1.165) is 48.7 Å². The number of halogens is 1. The SMILES string of the molecule is CCCCCOc1cc(N2CCCN(Cc3ccnc4c3c(Cl)cn4CC(=O)N3CCCC3C#N)C2=O)ccc1OC. The topological polar surface area (TPSA) is 104 Å². The number of rotatable bonds is 11. The molecule has 2 aromatic heterocycles. The number of nitriles is 1. The molecule has 2 saturated heterocycles. The van der Waals surface area contributed by atoms with Gasteiger partial charge in [-0.3, -0.25) is 9.69 Å². The van der Waals surface area contributed by atoms with Crippen LogP contribution in [0.15, 0.2) is 36.7 Å². The predicted octanol–water partition coefficient (Wildman–Crippen LogP) is 5.61. The van der Waals surface area contributed by atoms with Crippen LogP contribution in [0.5, 0.6) is 11.5 Å². The normalized spacial score (nSPS) is 17.1. The maximum absolute atomic E-state index is 13.7. The molecule has 2 fully saturated rings. The molecular formula is C31H37ClN6O4. The number of pyridine rings is 1. The molecule has 2 aliphatic heterocycles. The standard InChI is InChI=1S/C31H37ClN6O4/c1-3-4-5-16-42-27-17-23(9-10-26(27)41-2)38-15-7-13-35(31(38)40)19-22-11-12-34-30-29(22)25(32)20-36(30)21-28(39)37-14-6-8-24(37)18-33/h9-12,17,20,24H,3-8,13-16,19,21H2,1-2H3. The highest BCUT2D eigenvalue weighted by Crippen LogP contribution is 2.34. The Morgan fingerprint density at radius 2 is 2.02 bits per heavy atom. The van der Waals surface area contributed by atoms with E-state index in [1.807, 2.05) is 29.2 Å². The summed E-state index contributed by atoms with van der Waals surface area (Å²) in [6, 6.07) is 9.20. The summed E-state index contributed by atoms with van der Waals surface area (Å²) >= 11 is 6.69. The molecular weight excluding hydrogens is 556 g/mol. The Bertz CT molecular complexity index is 1480. The maximum Gasteiger partial charge on any atom is 0.324 e. The first-order valence-corrected chi connectivity index (χ1v) is 15.0. The average molecular weight is 593 g/mol. The van der Waals surface area contributed by atoms with Crippen molar-refractivity contribution in [3.63, 3.8) is 0 Å². The van der Waals surface area contributed by atoms with Gasteiger partial charge in [-0.25, -0.2) is 9.78 Å². The third-order valence-corrected chi connectivity index (χ3v) is 8.25. The van der Waals surface area contributed by atoms with Crippen molar-refractivity contribution in [3.8, 4) is 17.6 Å². The Hall–Kier alpha value is -3.97. The number of carbonyl (C=O) groups is 2. The molecule has 4 heterocycles. The Morgan fingerprint density at radius 3 is 2.81 bits per heavy atom. The lowest BCUT2D eigenvalue weighted by Gasteiger charge is -2.36. The zero-order chi connectivity index (χ0) is 29.6. The summed E-state index contributed by atoms with van der Waals surface area (Å²) in [7, 11) is 1.61. The number of benzene rings is 1. The summed E-state index contributed by atoms with van der Waals surface area (Å²) in [5.41, 5.74) is 2.20. The molecule has 0 N–H and O–H groups in total. The van der Waals surface area contributed by atoms with Gasteiger partial charge in [0.15, 0.2) is 11.5 Å². The smallest absolute Gasteiger partial charge is 0.324 e. The molecule has 0 spiro atoms. The van der Waals surface area contributed by atoms with Gasteiger partial charge in [0.2, 0.25) is 5.91 Å². The highest BCUT2D eigenvalue weighted by Gasteiger charge is 2.30. The molecule has 10 nitrogen and oxygen atoms in total. The minimum atomic E-state index is -0.388. The zero-order valence-electron chi connectivity index (χ0n) is 24.2. The number of aromatic nitrogens is 2. The minimum Gasteiger partial charge on any atom is -0.493 e. The van der Waals surface area contributed by atoms with Crippen molar-refractivity contribution in [2.75, 3.05) is 38.3 Å². The van der Waals surface area contributed by atoms with Crippen molar-refractivity contribution in [2.24, 2.45) is 0 Å². The van der Waals surface area contributed by atoms with E-state index in [1.54, 1.807) is 33.9 Å². The minimum absolute atomic E-state index is 0.0502. The van der Waals surface area contributed by atoms with Gasteiger partial charge in [0, 0.05) is 55.7 Å². The van der Waals surface area contributed by atoms with Gasteiger partial charge < -0.3 is 23.8 Å². The van der Waals surface area contributed by atoms with Crippen LogP contribution in [-0.4, -0.2) is 70.7 Å². The highest BCUT2D eigenvalue weighted by atomic mass is 35.5. The number of methoxy groups -OCH3 is 1. The Morgan fingerprint density at radius 1 is 1.17 bits per heavy atom. The number of likely N-dealkylation sites (tertiary alicyclic amines) is 1. The van der Waals surface area contributed by atoms with E-state index in [9.17, 15) is 14.9 Å². The van der Waals surface area contributed by atoms with Crippen LogP contribution in [0.25, 0.3) is 11.0 Å². The van der Waals surface area contributed by atoms with Crippen molar-refractivity contribution >= 4 is 40.3 Å². The van der Waals surface area contributed by atoms with Crippen molar-refractivity contribution in [1.82, 2.24) is 19.4 Å². The summed E-state index contributed by atoms with van der Waals surface area (Å²) in [4.78, 5) is 36.5. The number of unbranched alkanes of at least 4 members (excludes halogenated alkanes) is 2. The summed E-state index contributed by atoms with van der Waals surface area (Å²) in [5, 5.41) is 10.6. The number of nitrogens with zero attached hydrogens (tertiary/aromatic N) is 6. The fourth-order valence-corrected chi connectivity index (χ4v) is 6.10. The Balaban J connectivity index is 1.33. The second-order valence-corrected chi connectivity index (χ2v) is 11.2. The van der Waals surface area contributed by atoms with Crippen LogP contribution in [-0.2, 0) is 17.9 Å². The highest BCUT2D eigenvalue weighted by molar-refractivity contribution is 6.35. The third kappa shape index (κ3) is 6.12. The summed E-state index contributed by atoms with van der Waals surface area (Å²) in [6.45, 7) is 4.93. The molecule has 1 unspecified atom stereocenters. The van der Waals surface area contributed by atoms with Crippen LogP contribution < -0.4 is 14.4 Å². The van der Waals surface area contributed by atoms with Gasteiger partial charge in [0.25, 0.3) is 0 Å². The first kappa shape index (κ1) is 29.5. The zero-order valence-corrected chi connectivity index (χ0v) is 25.0. The predicted molar refractivity (Wildman–Crippen MR) is 161 cm³/mol. The van der Waals surface area contributed by atoms with E-state index < -0.39 is 0 Å².